The van der Waals surface area contributed by atoms with Gasteiger partial charge in [-0.15, -0.1) is 0 Å². The number of hydrogen-bond donors (Lipinski definition) is 3. The molecule has 0 unspecified atom stereocenters. The van der Waals surface area contributed by atoms with Crippen LogP contribution in [0.15, 0.2) is 11.5 Å². The number of carbonyl (C=O) groups excluding carboxylic acids is 1. The summed E-state index contributed by atoms with van der Waals surface area (Å²) in [5.74, 6) is -2.49. The summed E-state index contributed by atoms with van der Waals surface area (Å²) in [5, 5.41) is 28.4. The number of aliphatic hydroxyl groups is 3. The number of aliphatic hydroxyl groups excluding tert-OH is 3. The van der Waals surface area contributed by atoms with Crippen molar-refractivity contribution in [2.24, 2.45) is 0 Å². The summed E-state index contributed by atoms with van der Waals surface area (Å²) in [7, 11) is 0. The van der Waals surface area contributed by atoms with E-state index in [9.17, 15) is 15.0 Å². The Balaban J connectivity index is 1.93. The van der Waals surface area contributed by atoms with Crippen LogP contribution in [0.25, 0.3) is 0 Å². The minimum absolute atomic E-state index is 0.0489. The van der Waals surface area contributed by atoms with Crippen molar-refractivity contribution in [1.29, 1.82) is 0 Å². The number of ether oxygens (including phenoxy) is 2. The van der Waals surface area contributed by atoms with Crippen molar-refractivity contribution in [2.75, 3.05) is 13.2 Å². The van der Waals surface area contributed by atoms with Crippen LogP contribution >= 0.6 is 0 Å². The fourth-order valence-electron chi connectivity index (χ4n) is 2.71. The molecule has 0 amide bonds. The summed E-state index contributed by atoms with van der Waals surface area (Å²) in [5.41, 5.74) is 0. The second kappa shape index (κ2) is 12.1. The molecular weight excluding hydrogens is 312 g/mol. The van der Waals surface area contributed by atoms with E-state index in [1.54, 1.807) is 0 Å². The molecule has 3 N–H and O–H groups in total. The highest BCUT2D eigenvalue weighted by Gasteiger charge is 2.39. The number of cyclic esters (lactones) is 1. The Morgan fingerprint density at radius 1 is 1.00 bits per heavy atom. The van der Waals surface area contributed by atoms with Gasteiger partial charge in [0.1, 0.15) is 6.10 Å². The van der Waals surface area contributed by atoms with Gasteiger partial charge in [0.15, 0.2) is 11.9 Å². The van der Waals surface area contributed by atoms with E-state index in [-0.39, 0.29) is 6.61 Å². The summed E-state index contributed by atoms with van der Waals surface area (Å²) < 4.78 is 10.0. The number of unbranched alkanes of at least 4 members (excludes halogenated alkanes) is 9. The van der Waals surface area contributed by atoms with E-state index in [2.05, 4.69) is 11.7 Å². The third-order valence-electron chi connectivity index (χ3n) is 4.22. The highest BCUT2D eigenvalue weighted by Crippen LogP contribution is 2.21. The molecule has 24 heavy (non-hydrogen) atoms. The molecule has 0 saturated carbocycles. The quantitative estimate of drug-likeness (QED) is 0.329. The van der Waals surface area contributed by atoms with Crippen molar-refractivity contribution in [3.63, 3.8) is 0 Å². The number of hydrogen-bond acceptors (Lipinski definition) is 6. The third kappa shape index (κ3) is 7.53. The monoisotopic (exact) mass is 344 g/mol. The van der Waals surface area contributed by atoms with E-state index in [1.807, 2.05) is 0 Å². The Kier molecular flexibility index (Phi) is 10.5. The lowest BCUT2D eigenvalue weighted by Gasteiger charge is -2.17. The van der Waals surface area contributed by atoms with Crippen LogP contribution in [0.5, 0.6) is 0 Å². The van der Waals surface area contributed by atoms with Gasteiger partial charge in [-0.25, -0.2) is 4.79 Å². The van der Waals surface area contributed by atoms with Crippen molar-refractivity contribution < 1.29 is 29.6 Å². The molecule has 0 saturated heterocycles. The molecule has 0 bridgehead atoms. The number of esters is 1. The highest BCUT2D eigenvalue weighted by atomic mass is 16.6. The topological polar surface area (TPSA) is 96.2 Å². The predicted octanol–water partition coefficient (Wildman–Crippen LogP) is 3.54. The fraction of sp³-hybridized carbons (Fsp3) is 0.833. The van der Waals surface area contributed by atoms with Crippen molar-refractivity contribution in [3.8, 4) is 0 Å². The molecule has 1 heterocycles. The van der Waals surface area contributed by atoms with Gasteiger partial charge in [-0.2, -0.15) is 0 Å². The van der Waals surface area contributed by atoms with Gasteiger partial charge < -0.3 is 24.8 Å². The molecule has 0 spiro atoms. The molecule has 0 aliphatic carbocycles. The Hall–Kier alpha value is -1.27. The fourth-order valence-corrected chi connectivity index (χ4v) is 2.71. The molecule has 1 aliphatic heterocycles. The molecule has 0 fully saturated rings. The van der Waals surface area contributed by atoms with E-state index in [0.717, 1.165) is 12.8 Å². The normalized spacial score (nSPS) is 18.9. The van der Waals surface area contributed by atoms with E-state index in [0.29, 0.717) is 6.61 Å². The molecule has 0 aromatic heterocycles. The molecule has 2 atom stereocenters. The van der Waals surface area contributed by atoms with E-state index >= 15 is 0 Å². The van der Waals surface area contributed by atoms with E-state index in [1.165, 1.54) is 51.4 Å². The lowest BCUT2D eigenvalue weighted by molar-refractivity contribution is -0.148. The molecule has 6 nitrogen and oxygen atoms in total. The number of rotatable bonds is 14. The molecule has 0 aromatic carbocycles. The molecule has 0 aromatic rings. The van der Waals surface area contributed by atoms with Crippen molar-refractivity contribution in [3.05, 3.63) is 11.5 Å². The average molecular weight is 344 g/mol. The summed E-state index contributed by atoms with van der Waals surface area (Å²) in [6.07, 6.45) is 10.00. The molecule has 0 radical (unpaired) electrons. The zero-order valence-electron chi connectivity index (χ0n) is 14.7. The Morgan fingerprint density at radius 3 is 2.04 bits per heavy atom. The zero-order valence-corrected chi connectivity index (χ0v) is 14.7. The first kappa shape index (κ1) is 20.8. The van der Waals surface area contributed by atoms with Gasteiger partial charge in [0.2, 0.25) is 5.76 Å². The first-order valence-corrected chi connectivity index (χ1v) is 9.16. The van der Waals surface area contributed by atoms with Crippen LogP contribution in [0.3, 0.4) is 0 Å². The first-order valence-electron chi connectivity index (χ1n) is 9.16. The van der Waals surface area contributed by atoms with Gasteiger partial charge in [-0.3, -0.25) is 0 Å². The summed E-state index contributed by atoms with van der Waals surface area (Å²) in [6.45, 7) is 2.70. The van der Waals surface area contributed by atoms with Crippen molar-refractivity contribution in [2.45, 2.75) is 83.3 Å². The maximum absolute atomic E-state index is 11.0. The minimum Gasteiger partial charge on any atom is -0.505 e. The Labute approximate surface area is 144 Å². The highest BCUT2D eigenvalue weighted by molar-refractivity contribution is 5.89. The molecular formula is C18H32O6. The summed E-state index contributed by atoms with van der Waals surface area (Å²) in [6, 6.07) is 0. The first-order chi connectivity index (χ1) is 11.6. The SMILES string of the molecule is CCCCCCCCCCCCOC[C@H](O)[C@H]1OC(=O)C(O)=C1O. The van der Waals surface area contributed by atoms with Gasteiger partial charge >= 0.3 is 5.97 Å². The minimum atomic E-state index is -1.23. The molecule has 1 aliphatic rings. The van der Waals surface area contributed by atoms with Crippen molar-refractivity contribution in [1.82, 2.24) is 0 Å². The number of carbonyl (C=O) groups is 1. The third-order valence-corrected chi connectivity index (χ3v) is 4.22. The van der Waals surface area contributed by atoms with Gasteiger partial charge in [0, 0.05) is 6.61 Å². The maximum Gasteiger partial charge on any atom is 0.377 e. The van der Waals surface area contributed by atoms with Crippen molar-refractivity contribution >= 4 is 5.97 Å². The van der Waals surface area contributed by atoms with Crippen LogP contribution in [0.1, 0.15) is 71.1 Å². The Morgan fingerprint density at radius 2 is 1.54 bits per heavy atom. The maximum atomic E-state index is 11.0. The summed E-state index contributed by atoms with van der Waals surface area (Å²) >= 11 is 0. The van der Waals surface area contributed by atoms with E-state index in [4.69, 9.17) is 9.84 Å². The van der Waals surface area contributed by atoms with E-state index < -0.39 is 29.7 Å². The lowest BCUT2D eigenvalue weighted by Crippen LogP contribution is -2.33. The average Bonchev–Trinajstić information content (AvgIpc) is 2.83. The van der Waals surface area contributed by atoms with Crippen LogP contribution in [-0.2, 0) is 14.3 Å². The predicted molar refractivity (Wildman–Crippen MR) is 90.8 cm³/mol. The van der Waals surface area contributed by atoms with Crippen LogP contribution < -0.4 is 0 Å². The van der Waals surface area contributed by atoms with Crippen LogP contribution in [-0.4, -0.2) is 46.7 Å². The Bertz CT molecular complexity index is 393. The standard InChI is InChI=1S/C18H32O6/c1-2-3-4-5-6-7-8-9-10-11-12-23-13-14(19)17-15(20)16(21)18(22)24-17/h14,17,19-21H,2-13H2,1H3/t14-,17+/m0/s1. The van der Waals surface area contributed by atoms with Crippen LogP contribution in [0.4, 0.5) is 0 Å². The van der Waals surface area contributed by atoms with Crippen LogP contribution in [0.2, 0.25) is 0 Å². The summed E-state index contributed by atoms with van der Waals surface area (Å²) in [4.78, 5) is 11.0. The zero-order chi connectivity index (χ0) is 17.8. The second-order valence-electron chi connectivity index (χ2n) is 6.38. The van der Waals surface area contributed by atoms with Gasteiger partial charge in [0.25, 0.3) is 0 Å². The lowest BCUT2D eigenvalue weighted by atomic mass is 10.1. The van der Waals surface area contributed by atoms with Gasteiger partial charge in [0.05, 0.1) is 6.61 Å². The largest absolute Gasteiger partial charge is 0.505 e. The second-order valence-corrected chi connectivity index (χ2v) is 6.38. The molecule has 6 heteroatoms. The smallest absolute Gasteiger partial charge is 0.377 e. The van der Waals surface area contributed by atoms with Crippen LogP contribution in [0, 0.1) is 0 Å². The van der Waals surface area contributed by atoms with Gasteiger partial charge in [-0.05, 0) is 6.42 Å². The molecule has 140 valence electrons. The molecule has 1 rings (SSSR count). The van der Waals surface area contributed by atoms with Gasteiger partial charge in [-0.1, -0.05) is 64.7 Å².